The summed E-state index contributed by atoms with van der Waals surface area (Å²) in [6.45, 7) is 1.01. The summed E-state index contributed by atoms with van der Waals surface area (Å²) in [5.74, 6) is 2.46. The summed E-state index contributed by atoms with van der Waals surface area (Å²) < 4.78 is 8.01. The predicted octanol–water partition coefficient (Wildman–Crippen LogP) is 4.04. The zero-order chi connectivity index (χ0) is 10.5. The Kier molecular flexibility index (Phi) is 4.66. The molecule has 0 aromatic heterocycles. The first-order valence-electron chi connectivity index (χ1n) is 4.17. The quantitative estimate of drug-likeness (QED) is 0.565. The molecule has 1 nitrogen and oxygen atoms in total. The Morgan fingerprint density at radius 2 is 2.00 bits per heavy atom. The van der Waals surface area contributed by atoms with Crippen molar-refractivity contribution in [1.29, 1.82) is 0 Å². The molecule has 0 bridgehead atoms. The smallest absolute Gasteiger partial charge is 0.107 e. The van der Waals surface area contributed by atoms with E-state index in [0.717, 1.165) is 0 Å². The van der Waals surface area contributed by atoms with Crippen molar-refractivity contribution >= 4 is 47.0 Å². The predicted molar refractivity (Wildman–Crippen MR) is 74.3 cm³/mol. The van der Waals surface area contributed by atoms with Gasteiger partial charge in [-0.05, 0) is 16.2 Å². The normalized spacial score (nSPS) is 19.5. The Labute approximate surface area is 107 Å². The van der Waals surface area contributed by atoms with Crippen LogP contribution in [0.1, 0.15) is 0 Å². The fraction of sp³-hybridized carbons (Fsp3) is 0.200. The number of hydrogen-bond acceptors (Lipinski definition) is 5. The van der Waals surface area contributed by atoms with E-state index in [1.54, 1.807) is 47.0 Å². The monoisotopic (exact) mass is 272 g/mol. The lowest BCUT2D eigenvalue weighted by atomic mass is 10.6. The van der Waals surface area contributed by atoms with E-state index in [2.05, 4.69) is 22.1 Å². The largest absolute Gasteiger partial charge is 0.364 e. The van der Waals surface area contributed by atoms with Crippen molar-refractivity contribution in [1.82, 2.24) is 0 Å². The molecule has 0 saturated heterocycles. The molecule has 0 spiro atoms. The molecule has 0 N–H and O–H groups in total. The minimum absolute atomic E-state index is 0.388. The maximum absolute atomic E-state index is 5.29. The summed E-state index contributed by atoms with van der Waals surface area (Å²) >= 11 is 7.13. The highest BCUT2D eigenvalue weighted by Crippen LogP contribution is 2.52. The molecule has 5 heteroatoms. The van der Waals surface area contributed by atoms with E-state index in [9.17, 15) is 0 Å². The number of rotatable bonds is 3. The maximum Gasteiger partial charge on any atom is 0.107 e. The third-order valence-electron chi connectivity index (χ3n) is 1.52. The summed E-state index contributed by atoms with van der Waals surface area (Å²) in [6.07, 6.45) is 5.11. The summed E-state index contributed by atoms with van der Waals surface area (Å²) in [4.78, 5) is 1.24. The highest BCUT2D eigenvalue weighted by molar-refractivity contribution is 8.33. The molecular weight excluding hydrogens is 264 g/mol. The van der Waals surface area contributed by atoms with Crippen LogP contribution in [-0.2, 0) is 4.74 Å². The van der Waals surface area contributed by atoms with Crippen LogP contribution in [0.2, 0.25) is 0 Å². The van der Waals surface area contributed by atoms with Gasteiger partial charge in [-0.3, -0.25) is 0 Å². The second-order valence-electron chi connectivity index (χ2n) is 2.58. The number of ether oxygens (including phenoxy) is 1. The van der Waals surface area contributed by atoms with Gasteiger partial charge in [0, 0.05) is 4.91 Å². The van der Waals surface area contributed by atoms with E-state index in [1.165, 1.54) is 13.4 Å². The molecule has 0 aromatic rings. The Balaban J connectivity index is 1.83. The van der Waals surface area contributed by atoms with Crippen molar-refractivity contribution in [3.8, 4) is 12.3 Å². The Morgan fingerprint density at radius 1 is 1.20 bits per heavy atom. The third kappa shape index (κ3) is 3.30. The number of hydrogen-bond donors (Lipinski definition) is 0. The van der Waals surface area contributed by atoms with Gasteiger partial charge in [0.25, 0.3) is 0 Å². The van der Waals surface area contributed by atoms with E-state index in [1.807, 2.05) is 0 Å². The van der Waals surface area contributed by atoms with Crippen LogP contribution in [0, 0.1) is 12.3 Å². The van der Waals surface area contributed by atoms with E-state index < -0.39 is 0 Å². The molecule has 2 aliphatic heterocycles. The van der Waals surface area contributed by atoms with Gasteiger partial charge in [0.05, 0.1) is 15.1 Å². The van der Waals surface area contributed by atoms with Gasteiger partial charge in [0.1, 0.15) is 6.61 Å². The molecule has 0 saturated carbocycles. The van der Waals surface area contributed by atoms with Crippen LogP contribution in [-0.4, -0.2) is 13.2 Å². The van der Waals surface area contributed by atoms with Gasteiger partial charge in [0.15, 0.2) is 0 Å². The molecule has 2 rings (SSSR count). The van der Waals surface area contributed by atoms with Crippen molar-refractivity contribution in [3.63, 3.8) is 0 Å². The summed E-state index contributed by atoms with van der Waals surface area (Å²) in [6, 6.07) is 0. The lowest BCUT2D eigenvalue weighted by molar-refractivity contribution is 0.197. The van der Waals surface area contributed by atoms with Gasteiger partial charge < -0.3 is 4.74 Å². The van der Waals surface area contributed by atoms with E-state index >= 15 is 0 Å². The molecule has 0 aromatic carbocycles. The minimum Gasteiger partial charge on any atom is -0.364 e. The summed E-state index contributed by atoms with van der Waals surface area (Å²) in [5, 5.41) is 6.37. The van der Waals surface area contributed by atoms with Gasteiger partial charge in [-0.1, -0.05) is 53.0 Å². The first-order chi connectivity index (χ1) is 7.40. The molecular formula is C10H8OS4. The molecule has 0 aliphatic carbocycles. The van der Waals surface area contributed by atoms with Gasteiger partial charge in [-0.2, -0.15) is 0 Å². The topological polar surface area (TPSA) is 9.23 Å². The second-order valence-corrected chi connectivity index (χ2v) is 6.95. The molecule has 0 amide bonds. The molecule has 2 heterocycles. The zero-order valence-electron chi connectivity index (χ0n) is 7.76. The van der Waals surface area contributed by atoms with Crippen LogP contribution in [0.5, 0.6) is 0 Å². The summed E-state index contributed by atoms with van der Waals surface area (Å²) in [7, 11) is 0. The number of thioether (sulfide) groups is 4. The first-order valence-corrected chi connectivity index (χ1v) is 7.63. The maximum atomic E-state index is 5.29. The van der Waals surface area contributed by atoms with Crippen molar-refractivity contribution in [2.24, 2.45) is 0 Å². The molecule has 15 heavy (non-hydrogen) atoms. The fourth-order valence-electron chi connectivity index (χ4n) is 0.953. The van der Waals surface area contributed by atoms with Gasteiger partial charge >= 0.3 is 0 Å². The van der Waals surface area contributed by atoms with Crippen LogP contribution in [0.25, 0.3) is 0 Å². The van der Waals surface area contributed by atoms with E-state index in [0.29, 0.717) is 13.2 Å². The lowest BCUT2D eigenvalue weighted by Gasteiger charge is -2.02. The molecule has 0 unspecified atom stereocenters. The van der Waals surface area contributed by atoms with Crippen LogP contribution in [0.3, 0.4) is 0 Å². The van der Waals surface area contributed by atoms with E-state index in [-0.39, 0.29) is 0 Å². The minimum atomic E-state index is 0.388. The van der Waals surface area contributed by atoms with Crippen LogP contribution < -0.4 is 0 Å². The van der Waals surface area contributed by atoms with Crippen molar-refractivity contribution in [2.45, 2.75) is 0 Å². The Hall–Kier alpha value is 0.140. The van der Waals surface area contributed by atoms with Crippen molar-refractivity contribution in [3.05, 3.63) is 29.6 Å². The average molecular weight is 272 g/mol. The molecule has 0 fully saturated rings. The highest BCUT2D eigenvalue weighted by atomic mass is 32.2. The standard InChI is InChI=1S/C10H8OS4/c1-2-3-11-6-8-7-14-10(15-8)9-12-4-5-13-9/h1,4-5,7H,3,6H2. The van der Waals surface area contributed by atoms with Crippen molar-refractivity contribution < 1.29 is 4.74 Å². The Bertz CT molecular complexity index is 365. The Morgan fingerprint density at radius 3 is 2.73 bits per heavy atom. The number of terminal acetylenes is 1. The molecule has 78 valence electrons. The fourth-order valence-corrected chi connectivity index (χ4v) is 5.37. The van der Waals surface area contributed by atoms with Crippen LogP contribution in [0.15, 0.2) is 29.6 Å². The molecule has 0 atom stereocenters. The molecule has 0 radical (unpaired) electrons. The average Bonchev–Trinajstić information content (AvgIpc) is 2.87. The van der Waals surface area contributed by atoms with Gasteiger partial charge in [0.2, 0.25) is 0 Å². The summed E-state index contributed by atoms with van der Waals surface area (Å²) in [5.41, 5.74) is 0. The lowest BCUT2D eigenvalue weighted by Crippen LogP contribution is -1.93. The third-order valence-corrected chi connectivity index (χ3v) is 6.57. The van der Waals surface area contributed by atoms with Crippen LogP contribution >= 0.6 is 47.0 Å². The van der Waals surface area contributed by atoms with E-state index in [4.69, 9.17) is 11.2 Å². The van der Waals surface area contributed by atoms with Crippen molar-refractivity contribution in [2.75, 3.05) is 13.2 Å². The van der Waals surface area contributed by atoms with Gasteiger partial charge in [-0.15, -0.1) is 6.42 Å². The van der Waals surface area contributed by atoms with Gasteiger partial charge in [-0.25, -0.2) is 0 Å². The highest BCUT2D eigenvalue weighted by Gasteiger charge is 2.18. The van der Waals surface area contributed by atoms with Crippen LogP contribution in [0.4, 0.5) is 0 Å². The zero-order valence-corrected chi connectivity index (χ0v) is 11.0. The molecule has 2 aliphatic rings. The SMILES string of the molecule is C#CCOCC1=CSC(=C2SC=CS2)S1. The second kappa shape index (κ2) is 6.02. The first kappa shape index (κ1) is 11.6.